The van der Waals surface area contributed by atoms with Gasteiger partial charge >= 0.3 is 5.97 Å². The number of ether oxygens (including phenoxy) is 1. The molecule has 1 aromatic carbocycles. The van der Waals surface area contributed by atoms with Crippen LogP contribution in [0.25, 0.3) is 0 Å². The van der Waals surface area contributed by atoms with E-state index in [1.165, 1.54) is 7.11 Å². The summed E-state index contributed by atoms with van der Waals surface area (Å²) in [5.41, 5.74) is 0.705. The van der Waals surface area contributed by atoms with Crippen LogP contribution in [0.3, 0.4) is 0 Å². The minimum atomic E-state index is -0.608. The Hall–Kier alpha value is -1.69. The number of Topliss-reactive ketones (excluding diaryl/α,β-unsaturated/α-hetero) is 1. The molecule has 5 atom stereocenters. The molecule has 0 radical (unpaired) electrons. The van der Waals surface area contributed by atoms with Gasteiger partial charge in [-0.3, -0.25) is 14.4 Å². The van der Waals surface area contributed by atoms with Crippen LogP contribution in [0.4, 0.5) is 5.69 Å². The quantitative estimate of drug-likeness (QED) is 0.751. The summed E-state index contributed by atoms with van der Waals surface area (Å²) in [7, 11) is 1.31. The lowest BCUT2D eigenvalue weighted by Gasteiger charge is -2.25. The van der Waals surface area contributed by atoms with E-state index in [9.17, 15) is 14.4 Å². The number of hydrogen-bond acceptors (Lipinski definition) is 4. The van der Waals surface area contributed by atoms with Gasteiger partial charge in [0.25, 0.3) is 0 Å². The van der Waals surface area contributed by atoms with Gasteiger partial charge in [0.2, 0.25) is 5.91 Å². The molecule has 1 aliphatic heterocycles. The Morgan fingerprint density at radius 2 is 2.14 bits per heavy atom. The number of fused-ring (bicyclic) bond motifs is 1. The smallest absolute Gasteiger partial charge is 0.310 e. The summed E-state index contributed by atoms with van der Waals surface area (Å²) in [4.78, 5) is 39.1. The number of methoxy groups -OCH3 is 1. The van der Waals surface area contributed by atoms with Gasteiger partial charge < -0.3 is 9.64 Å². The van der Waals surface area contributed by atoms with Crippen molar-refractivity contribution in [3.8, 4) is 0 Å². The highest BCUT2D eigenvalue weighted by Gasteiger charge is 2.69. The summed E-state index contributed by atoms with van der Waals surface area (Å²) in [5, 5.41) is 0. The van der Waals surface area contributed by atoms with Crippen LogP contribution in [0, 0.1) is 23.7 Å². The average molecular weight is 364 g/mol. The van der Waals surface area contributed by atoms with E-state index in [1.54, 1.807) is 4.90 Å². The molecule has 4 rings (SSSR count). The summed E-state index contributed by atoms with van der Waals surface area (Å²) >= 11 is 3.39. The van der Waals surface area contributed by atoms with Crippen molar-refractivity contribution in [3.63, 3.8) is 0 Å². The second-order valence-electron chi connectivity index (χ2n) is 6.12. The van der Waals surface area contributed by atoms with Gasteiger partial charge in [-0.2, -0.15) is 0 Å². The Labute approximate surface area is 135 Å². The maximum atomic E-state index is 12.9. The molecule has 1 aromatic rings. The molecule has 1 heterocycles. The summed E-state index contributed by atoms with van der Waals surface area (Å²) < 4.78 is 5.68. The number of esters is 1. The first-order valence-electron chi connectivity index (χ1n) is 7.25. The van der Waals surface area contributed by atoms with Crippen LogP contribution >= 0.6 is 15.9 Å². The van der Waals surface area contributed by atoms with Gasteiger partial charge in [-0.25, -0.2) is 0 Å². The van der Waals surface area contributed by atoms with Crippen LogP contribution in [-0.2, 0) is 19.1 Å². The van der Waals surface area contributed by atoms with Gasteiger partial charge in [-0.15, -0.1) is 0 Å². The van der Waals surface area contributed by atoms with Crippen molar-refractivity contribution in [2.75, 3.05) is 12.0 Å². The molecule has 0 aromatic heterocycles. The van der Waals surface area contributed by atoms with Crippen molar-refractivity contribution in [3.05, 3.63) is 28.7 Å². The van der Waals surface area contributed by atoms with Crippen molar-refractivity contribution >= 4 is 39.3 Å². The number of carbonyl (C=O) groups is 3. The minimum Gasteiger partial charge on any atom is -0.469 e. The van der Waals surface area contributed by atoms with E-state index in [0.717, 1.165) is 4.47 Å². The molecular formula is C16H14BrNO4. The fourth-order valence-corrected chi connectivity index (χ4v) is 4.85. The fourth-order valence-electron chi connectivity index (χ4n) is 4.47. The molecule has 3 fully saturated rings. The highest BCUT2D eigenvalue weighted by molar-refractivity contribution is 9.10. The second kappa shape index (κ2) is 4.65. The van der Waals surface area contributed by atoms with E-state index < -0.39 is 23.8 Å². The first-order valence-corrected chi connectivity index (χ1v) is 8.04. The molecule has 22 heavy (non-hydrogen) atoms. The van der Waals surface area contributed by atoms with Crippen LogP contribution in [-0.4, -0.2) is 30.8 Å². The Kier molecular flexibility index (Phi) is 2.95. The number of anilines is 1. The molecule has 114 valence electrons. The number of rotatable bonds is 2. The van der Waals surface area contributed by atoms with E-state index in [1.807, 2.05) is 24.3 Å². The van der Waals surface area contributed by atoms with Crippen molar-refractivity contribution < 1.29 is 19.1 Å². The van der Waals surface area contributed by atoms with E-state index >= 15 is 0 Å². The predicted molar refractivity (Wildman–Crippen MR) is 81.0 cm³/mol. The highest BCUT2D eigenvalue weighted by atomic mass is 79.9. The molecular weight excluding hydrogens is 350 g/mol. The molecule has 2 saturated carbocycles. The maximum Gasteiger partial charge on any atom is 0.310 e. The first-order chi connectivity index (χ1) is 10.5. The normalized spacial score (nSPS) is 35.4. The van der Waals surface area contributed by atoms with Gasteiger partial charge in [-0.1, -0.05) is 22.0 Å². The lowest BCUT2D eigenvalue weighted by Crippen LogP contribution is -2.41. The molecule has 1 amide bonds. The number of benzene rings is 1. The molecule has 0 spiro atoms. The van der Waals surface area contributed by atoms with Crippen LogP contribution in [0.5, 0.6) is 0 Å². The molecule has 3 aliphatic rings. The van der Waals surface area contributed by atoms with Crippen molar-refractivity contribution in [2.45, 2.75) is 12.5 Å². The zero-order chi connectivity index (χ0) is 15.6. The zero-order valence-electron chi connectivity index (χ0n) is 11.9. The largest absolute Gasteiger partial charge is 0.469 e. The minimum absolute atomic E-state index is 0.00229. The summed E-state index contributed by atoms with van der Waals surface area (Å²) in [6.45, 7) is 0. The Balaban J connectivity index is 1.79. The first kappa shape index (κ1) is 13.9. The summed E-state index contributed by atoms with van der Waals surface area (Å²) in [6, 6.07) is 6.94. The third-order valence-corrected chi connectivity index (χ3v) is 5.72. The summed E-state index contributed by atoms with van der Waals surface area (Å²) in [6.07, 6.45) is 0.615. The Morgan fingerprint density at radius 3 is 2.82 bits per heavy atom. The lowest BCUT2D eigenvalue weighted by molar-refractivity contribution is -0.152. The molecule has 0 N–H and O–H groups in total. The van der Waals surface area contributed by atoms with Gasteiger partial charge in [0.05, 0.1) is 25.0 Å². The van der Waals surface area contributed by atoms with Crippen molar-refractivity contribution in [1.29, 1.82) is 0 Å². The van der Waals surface area contributed by atoms with Gasteiger partial charge in [0.15, 0.2) is 5.78 Å². The number of halogens is 1. The van der Waals surface area contributed by atoms with E-state index in [0.29, 0.717) is 12.1 Å². The third kappa shape index (κ3) is 1.61. The van der Waals surface area contributed by atoms with E-state index in [4.69, 9.17) is 4.74 Å². The fraction of sp³-hybridized carbons (Fsp3) is 0.438. The monoisotopic (exact) mass is 363 g/mol. The van der Waals surface area contributed by atoms with Crippen LogP contribution in [0.2, 0.25) is 0 Å². The topological polar surface area (TPSA) is 63.7 Å². The maximum absolute atomic E-state index is 12.9. The number of carbonyl (C=O) groups excluding carboxylic acids is 3. The Bertz CT molecular complexity index is 703. The number of nitrogens with zero attached hydrogens (tertiary/aromatic N) is 1. The summed E-state index contributed by atoms with van der Waals surface area (Å²) in [5.74, 6) is -2.02. The standard InChI is InChI=1S/C16H14BrNO4/c1-22-16(21)12-10-6-9-11(12)15(20)18(13(9)14(10)19)8-4-2-3-7(17)5-8/h2-5,9-13H,6H2,1H3/t9-,10-,11-,12+,13+/m1/s1. The van der Waals surface area contributed by atoms with Crippen LogP contribution in [0.1, 0.15) is 6.42 Å². The predicted octanol–water partition coefficient (Wildman–Crippen LogP) is 1.79. The molecule has 6 heteroatoms. The lowest BCUT2D eigenvalue weighted by atomic mass is 9.79. The molecule has 5 nitrogen and oxygen atoms in total. The van der Waals surface area contributed by atoms with Crippen molar-refractivity contribution in [2.24, 2.45) is 23.7 Å². The number of amides is 1. The molecule has 1 saturated heterocycles. The van der Waals surface area contributed by atoms with Gasteiger partial charge in [0, 0.05) is 16.1 Å². The van der Waals surface area contributed by atoms with Gasteiger partial charge in [0.1, 0.15) is 0 Å². The zero-order valence-corrected chi connectivity index (χ0v) is 13.4. The highest BCUT2D eigenvalue weighted by Crippen LogP contribution is 2.57. The average Bonchev–Trinajstić information content (AvgIpc) is 3.09. The third-order valence-electron chi connectivity index (χ3n) is 5.23. The number of ketones is 1. The van der Waals surface area contributed by atoms with E-state index in [-0.39, 0.29) is 23.5 Å². The van der Waals surface area contributed by atoms with Gasteiger partial charge in [-0.05, 0) is 30.5 Å². The molecule has 0 unspecified atom stereocenters. The van der Waals surface area contributed by atoms with E-state index in [2.05, 4.69) is 15.9 Å². The second-order valence-corrected chi connectivity index (χ2v) is 7.03. The Morgan fingerprint density at radius 1 is 1.36 bits per heavy atom. The van der Waals surface area contributed by atoms with Crippen LogP contribution in [0.15, 0.2) is 28.7 Å². The SMILES string of the molecule is COC(=O)[C@@H]1[C@@H]2C(=O)N(c3cccc(Br)c3)[C@@H]3C(=O)[C@@H]1C[C@H]23. The molecule has 2 aliphatic carbocycles. The van der Waals surface area contributed by atoms with Crippen LogP contribution < -0.4 is 4.90 Å². The van der Waals surface area contributed by atoms with Crippen molar-refractivity contribution in [1.82, 2.24) is 0 Å². The molecule has 2 bridgehead atoms. The number of hydrogen-bond donors (Lipinski definition) is 0.